The number of rotatable bonds is 2. The van der Waals surface area contributed by atoms with Crippen LogP contribution < -0.4 is 5.32 Å². The summed E-state index contributed by atoms with van der Waals surface area (Å²) in [4.78, 5) is 4.83. The number of nitrogens with one attached hydrogen (secondary N) is 1. The summed E-state index contributed by atoms with van der Waals surface area (Å²) in [7, 11) is 0. The average Bonchev–Trinajstić information content (AvgIpc) is 3.37. The largest absolute Gasteiger partial charge is 0.460 e. The van der Waals surface area contributed by atoms with E-state index >= 15 is 0 Å². The first-order valence-electron chi connectivity index (χ1n) is 8.55. The normalized spacial score (nSPS) is 23.8. The maximum absolute atomic E-state index is 5.88. The second kappa shape index (κ2) is 5.12. The van der Waals surface area contributed by atoms with E-state index in [4.69, 9.17) is 9.73 Å². The van der Waals surface area contributed by atoms with Crippen LogP contribution in [0.4, 0.5) is 5.69 Å². The molecule has 2 aliphatic carbocycles. The number of benzene rings is 2. The number of anilines is 1. The number of hydrogen-bond acceptors (Lipinski definition) is 2. The van der Waals surface area contributed by atoms with Crippen LogP contribution in [0.15, 0.2) is 47.5 Å². The highest BCUT2D eigenvalue weighted by atomic mass is 16.5. The van der Waals surface area contributed by atoms with E-state index in [1.54, 1.807) is 0 Å². The molecule has 2 aromatic carbocycles. The molecule has 1 heterocycles. The smallest absolute Gasteiger partial charge is 0.290 e. The monoisotopic (exact) mass is 304 g/mol. The van der Waals surface area contributed by atoms with Crippen molar-refractivity contribution in [2.45, 2.75) is 44.2 Å². The minimum atomic E-state index is 0.223. The first kappa shape index (κ1) is 13.2. The molecule has 3 aliphatic rings. The summed E-state index contributed by atoms with van der Waals surface area (Å²) in [6.07, 6.45) is 4.85. The second-order valence-corrected chi connectivity index (χ2v) is 6.79. The van der Waals surface area contributed by atoms with Gasteiger partial charge in [-0.25, -0.2) is 4.99 Å². The highest BCUT2D eigenvalue weighted by Crippen LogP contribution is 2.41. The molecule has 0 saturated heterocycles. The molecule has 1 atom stereocenters. The Kier molecular flexibility index (Phi) is 2.93. The molecule has 1 fully saturated rings. The van der Waals surface area contributed by atoms with Gasteiger partial charge in [-0.3, -0.25) is 0 Å². The lowest BCUT2D eigenvalue weighted by molar-refractivity contribution is 0.282. The molecule has 1 unspecified atom stereocenters. The van der Waals surface area contributed by atoms with Gasteiger partial charge >= 0.3 is 0 Å². The topological polar surface area (TPSA) is 33.6 Å². The lowest BCUT2D eigenvalue weighted by Crippen LogP contribution is -2.23. The first-order chi connectivity index (χ1) is 11.4. The van der Waals surface area contributed by atoms with Gasteiger partial charge in [-0.15, -0.1) is 0 Å². The molecule has 3 nitrogen and oxygen atoms in total. The predicted molar refractivity (Wildman–Crippen MR) is 91.8 cm³/mol. The van der Waals surface area contributed by atoms with Gasteiger partial charge in [0.05, 0.1) is 6.04 Å². The summed E-state index contributed by atoms with van der Waals surface area (Å²) in [5.74, 6) is 0.783. The predicted octanol–water partition coefficient (Wildman–Crippen LogP) is 4.55. The minimum absolute atomic E-state index is 0.223. The van der Waals surface area contributed by atoms with E-state index in [-0.39, 0.29) is 6.04 Å². The van der Waals surface area contributed by atoms with Gasteiger partial charge in [0.1, 0.15) is 6.61 Å². The van der Waals surface area contributed by atoms with Crippen LogP contribution in [0.2, 0.25) is 0 Å². The molecule has 1 N–H and O–H groups in total. The number of nitrogens with zero attached hydrogens (tertiary/aromatic N) is 1. The first-order valence-corrected chi connectivity index (χ1v) is 8.55. The molecule has 23 heavy (non-hydrogen) atoms. The average molecular weight is 304 g/mol. The van der Waals surface area contributed by atoms with E-state index in [0.29, 0.717) is 12.6 Å². The van der Waals surface area contributed by atoms with Crippen molar-refractivity contribution in [3.05, 3.63) is 64.7 Å². The van der Waals surface area contributed by atoms with Crippen LogP contribution in [-0.4, -0.2) is 6.02 Å². The zero-order valence-electron chi connectivity index (χ0n) is 13.1. The molecule has 3 heteroatoms. The molecule has 0 spiro atoms. The maximum atomic E-state index is 5.88. The number of aryl methyl sites for hydroxylation is 1. The van der Waals surface area contributed by atoms with Crippen LogP contribution in [0.3, 0.4) is 0 Å². The van der Waals surface area contributed by atoms with Crippen LogP contribution >= 0.6 is 0 Å². The van der Waals surface area contributed by atoms with Crippen molar-refractivity contribution in [1.29, 1.82) is 0 Å². The Morgan fingerprint density at radius 1 is 1.00 bits per heavy atom. The van der Waals surface area contributed by atoms with E-state index < -0.39 is 0 Å². The second-order valence-electron chi connectivity index (χ2n) is 6.79. The van der Waals surface area contributed by atoms with E-state index in [0.717, 1.165) is 24.4 Å². The third-order valence-corrected chi connectivity index (χ3v) is 5.16. The lowest BCUT2D eigenvalue weighted by Gasteiger charge is -2.22. The molecule has 0 amide bonds. The van der Waals surface area contributed by atoms with Crippen LogP contribution in [0.25, 0.3) is 0 Å². The van der Waals surface area contributed by atoms with Crippen molar-refractivity contribution in [2.24, 2.45) is 4.99 Å². The minimum Gasteiger partial charge on any atom is -0.460 e. The van der Waals surface area contributed by atoms with Crippen LogP contribution in [0, 0.1) is 0 Å². The molecule has 1 saturated carbocycles. The number of amidine groups is 1. The molecule has 0 bridgehead atoms. The van der Waals surface area contributed by atoms with Crippen molar-refractivity contribution < 1.29 is 4.74 Å². The molecular weight excluding hydrogens is 284 g/mol. The Morgan fingerprint density at radius 2 is 1.91 bits per heavy atom. The van der Waals surface area contributed by atoms with Crippen molar-refractivity contribution in [3.8, 4) is 0 Å². The van der Waals surface area contributed by atoms with Crippen LogP contribution in [-0.2, 0) is 17.8 Å². The highest BCUT2D eigenvalue weighted by molar-refractivity contribution is 5.91. The Balaban J connectivity index is 1.39. The molecule has 2 aromatic rings. The summed E-state index contributed by atoms with van der Waals surface area (Å²) in [5.41, 5.74) is 6.62. The Bertz CT molecular complexity index is 792. The van der Waals surface area contributed by atoms with Crippen molar-refractivity contribution >= 4 is 11.7 Å². The lowest BCUT2D eigenvalue weighted by atomic mass is 10.0. The summed E-state index contributed by atoms with van der Waals surface area (Å²) in [6.45, 7) is 0.621. The van der Waals surface area contributed by atoms with Gasteiger partial charge in [0.2, 0.25) is 0 Å². The number of aliphatic imine (C=N–C) groups is 1. The van der Waals surface area contributed by atoms with Crippen LogP contribution in [0.1, 0.15) is 53.5 Å². The fraction of sp³-hybridized carbons (Fsp3) is 0.350. The van der Waals surface area contributed by atoms with Gasteiger partial charge in [-0.1, -0.05) is 36.4 Å². The van der Waals surface area contributed by atoms with E-state index in [9.17, 15) is 0 Å². The summed E-state index contributed by atoms with van der Waals surface area (Å²) < 4.78 is 5.88. The van der Waals surface area contributed by atoms with Gasteiger partial charge in [0, 0.05) is 11.3 Å². The zero-order valence-corrected chi connectivity index (χ0v) is 13.1. The Labute approximate surface area is 136 Å². The van der Waals surface area contributed by atoms with Gasteiger partial charge in [0.15, 0.2) is 0 Å². The number of ether oxygens (including phenoxy) is 1. The Hall–Kier alpha value is -2.29. The third kappa shape index (κ3) is 2.40. The fourth-order valence-electron chi connectivity index (χ4n) is 3.70. The standard InChI is InChI=1S/C20H20N2O/c1-2-4-17-14(3-1)7-10-19(17)22-20-21-18-9-8-15(13-5-6-13)11-16(18)12-23-20/h1-4,8-9,11,13,19H,5-7,10,12H2,(H,21,22). The van der Waals surface area contributed by atoms with Crippen molar-refractivity contribution in [1.82, 2.24) is 0 Å². The summed E-state index contributed by atoms with van der Waals surface area (Å²) >= 11 is 0. The van der Waals surface area contributed by atoms with Gasteiger partial charge in [-0.05, 0) is 54.4 Å². The van der Waals surface area contributed by atoms with Crippen molar-refractivity contribution in [3.63, 3.8) is 0 Å². The zero-order chi connectivity index (χ0) is 15.2. The van der Waals surface area contributed by atoms with Crippen molar-refractivity contribution in [2.75, 3.05) is 5.32 Å². The number of fused-ring (bicyclic) bond motifs is 2. The molecule has 5 rings (SSSR count). The molecule has 116 valence electrons. The quantitative estimate of drug-likeness (QED) is 0.883. The molecule has 1 aliphatic heterocycles. The molecule has 0 radical (unpaired) electrons. The Morgan fingerprint density at radius 3 is 2.83 bits per heavy atom. The SMILES string of the molecule is c1ccc2c(c1)CCC2N=C1Nc2ccc(C3CC3)cc2CO1. The summed E-state index contributed by atoms with van der Waals surface area (Å²) in [5, 5.41) is 3.37. The maximum Gasteiger partial charge on any atom is 0.290 e. The van der Waals surface area contributed by atoms with E-state index in [2.05, 4.69) is 47.8 Å². The van der Waals surface area contributed by atoms with Gasteiger partial charge < -0.3 is 10.1 Å². The van der Waals surface area contributed by atoms with E-state index in [1.165, 1.54) is 35.1 Å². The number of hydrogen-bond donors (Lipinski definition) is 1. The molecular formula is C20H20N2O. The fourth-order valence-corrected chi connectivity index (χ4v) is 3.70. The van der Waals surface area contributed by atoms with Crippen LogP contribution in [0.5, 0.6) is 0 Å². The van der Waals surface area contributed by atoms with E-state index in [1.807, 2.05) is 0 Å². The third-order valence-electron chi connectivity index (χ3n) is 5.16. The van der Waals surface area contributed by atoms with Gasteiger partial charge in [-0.2, -0.15) is 0 Å². The summed E-state index contributed by atoms with van der Waals surface area (Å²) in [6, 6.07) is 16.2. The molecule has 0 aromatic heterocycles. The van der Waals surface area contributed by atoms with Gasteiger partial charge in [0.25, 0.3) is 6.02 Å². The highest BCUT2D eigenvalue weighted by Gasteiger charge is 2.26.